The highest BCUT2D eigenvalue weighted by molar-refractivity contribution is 6.28. The van der Waals surface area contributed by atoms with Crippen LogP contribution in [0.5, 0.6) is 11.5 Å². The second kappa shape index (κ2) is 5.57. The van der Waals surface area contributed by atoms with Crippen molar-refractivity contribution in [3.8, 4) is 11.5 Å². The molecule has 2 aliphatic rings. The van der Waals surface area contributed by atoms with Gasteiger partial charge in [-0.3, -0.25) is 0 Å². The number of hydrogen-bond acceptors (Lipinski definition) is 5. The first-order chi connectivity index (χ1) is 11.2. The first-order valence-corrected chi connectivity index (χ1v) is 8.16. The molecule has 1 N–H and O–H groups in total. The van der Waals surface area contributed by atoms with Crippen molar-refractivity contribution in [1.82, 2.24) is 15.3 Å². The van der Waals surface area contributed by atoms with E-state index in [1.807, 2.05) is 12.1 Å². The summed E-state index contributed by atoms with van der Waals surface area (Å²) in [6.45, 7) is 0. The maximum atomic E-state index is 6.16. The summed E-state index contributed by atoms with van der Waals surface area (Å²) in [6, 6.07) is 3.91. The third-order valence-electron chi connectivity index (χ3n) is 4.65. The summed E-state index contributed by atoms with van der Waals surface area (Å²) >= 11 is 6.16. The second-order valence-corrected chi connectivity index (χ2v) is 6.23. The molecule has 120 valence electrons. The summed E-state index contributed by atoms with van der Waals surface area (Å²) < 4.78 is 10.8. The lowest BCUT2D eigenvalue weighted by atomic mass is 9.82. The maximum absolute atomic E-state index is 6.16. The SMILES string of the molecule is COc1cc2nc(Cl)nc(C3NC4=C3CCCC4)c2cc1OC. The molecule has 6 heteroatoms. The lowest BCUT2D eigenvalue weighted by Crippen LogP contribution is -2.37. The molecule has 1 atom stereocenters. The number of halogens is 1. The lowest BCUT2D eigenvalue weighted by Gasteiger charge is -2.39. The van der Waals surface area contributed by atoms with Crippen LogP contribution >= 0.6 is 11.6 Å². The largest absolute Gasteiger partial charge is 0.493 e. The van der Waals surface area contributed by atoms with Crippen molar-refractivity contribution in [3.05, 3.63) is 34.4 Å². The van der Waals surface area contributed by atoms with E-state index in [0.717, 1.165) is 29.4 Å². The average molecular weight is 332 g/mol. The Labute approximate surface area is 139 Å². The van der Waals surface area contributed by atoms with E-state index in [1.165, 1.54) is 24.1 Å². The monoisotopic (exact) mass is 331 g/mol. The number of methoxy groups -OCH3 is 2. The summed E-state index contributed by atoms with van der Waals surface area (Å²) in [5, 5.41) is 4.74. The van der Waals surface area contributed by atoms with Gasteiger partial charge in [-0.1, -0.05) is 0 Å². The van der Waals surface area contributed by atoms with Gasteiger partial charge in [-0.2, -0.15) is 0 Å². The predicted octanol–water partition coefficient (Wildman–Crippen LogP) is 3.77. The van der Waals surface area contributed by atoms with Gasteiger partial charge >= 0.3 is 0 Å². The number of nitrogens with one attached hydrogen (secondary N) is 1. The number of rotatable bonds is 3. The fourth-order valence-electron chi connectivity index (χ4n) is 3.50. The van der Waals surface area contributed by atoms with E-state index >= 15 is 0 Å². The first kappa shape index (κ1) is 14.6. The van der Waals surface area contributed by atoms with Crippen LogP contribution in [0.15, 0.2) is 23.4 Å². The summed E-state index contributed by atoms with van der Waals surface area (Å²) in [5.41, 5.74) is 4.53. The summed E-state index contributed by atoms with van der Waals surface area (Å²) in [6.07, 6.45) is 4.77. The number of nitrogens with zero attached hydrogens (tertiary/aromatic N) is 2. The molecule has 2 heterocycles. The molecule has 1 aromatic heterocycles. The van der Waals surface area contributed by atoms with Crippen LogP contribution < -0.4 is 14.8 Å². The molecule has 0 saturated carbocycles. The molecule has 1 aromatic carbocycles. The Morgan fingerprint density at radius 3 is 2.57 bits per heavy atom. The maximum Gasteiger partial charge on any atom is 0.223 e. The molecule has 2 aromatic rings. The number of allylic oxidation sites excluding steroid dienone is 1. The molecule has 4 rings (SSSR count). The molecular weight excluding hydrogens is 314 g/mol. The van der Waals surface area contributed by atoms with Crippen molar-refractivity contribution in [2.24, 2.45) is 0 Å². The minimum Gasteiger partial charge on any atom is -0.493 e. The average Bonchev–Trinajstić information content (AvgIpc) is 2.54. The van der Waals surface area contributed by atoms with Gasteiger partial charge in [-0.05, 0) is 48.9 Å². The number of benzene rings is 1. The van der Waals surface area contributed by atoms with Gasteiger partial charge in [0.1, 0.15) is 0 Å². The van der Waals surface area contributed by atoms with Crippen molar-refractivity contribution in [2.45, 2.75) is 31.7 Å². The quantitative estimate of drug-likeness (QED) is 0.867. The third-order valence-corrected chi connectivity index (χ3v) is 4.82. The minimum atomic E-state index is 0.131. The summed E-state index contributed by atoms with van der Waals surface area (Å²) in [7, 11) is 3.24. The number of fused-ring (bicyclic) bond motifs is 1. The molecule has 1 aliphatic carbocycles. The van der Waals surface area contributed by atoms with E-state index < -0.39 is 0 Å². The molecule has 23 heavy (non-hydrogen) atoms. The van der Waals surface area contributed by atoms with E-state index in [4.69, 9.17) is 21.1 Å². The van der Waals surface area contributed by atoms with Crippen LogP contribution in [0, 0.1) is 0 Å². The van der Waals surface area contributed by atoms with Crippen LogP contribution in [0.25, 0.3) is 10.9 Å². The summed E-state index contributed by atoms with van der Waals surface area (Å²) in [4.78, 5) is 8.85. The highest BCUT2D eigenvalue weighted by atomic mass is 35.5. The van der Waals surface area contributed by atoms with Gasteiger partial charge in [-0.15, -0.1) is 0 Å². The molecule has 0 amide bonds. The van der Waals surface area contributed by atoms with E-state index in [9.17, 15) is 0 Å². The van der Waals surface area contributed by atoms with Gasteiger partial charge in [0.2, 0.25) is 5.28 Å². The van der Waals surface area contributed by atoms with Crippen LogP contribution in [-0.2, 0) is 0 Å². The highest BCUT2D eigenvalue weighted by Gasteiger charge is 2.34. The molecule has 0 fully saturated rings. The van der Waals surface area contributed by atoms with Gasteiger partial charge in [-0.25, -0.2) is 9.97 Å². The van der Waals surface area contributed by atoms with E-state index in [1.54, 1.807) is 14.2 Å². The first-order valence-electron chi connectivity index (χ1n) is 7.79. The summed E-state index contributed by atoms with van der Waals surface area (Å²) in [5.74, 6) is 1.31. The molecular formula is C17H18ClN3O2. The third kappa shape index (κ3) is 2.30. The van der Waals surface area contributed by atoms with Crippen molar-refractivity contribution in [2.75, 3.05) is 14.2 Å². The Morgan fingerprint density at radius 1 is 1.09 bits per heavy atom. The van der Waals surface area contributed by atoms with Gasteiger partial charge in [0.05, 0.1) is 31.5 Å². The molecule has 1 unspecified atom stereocenters. The minimum absolute atomic E-state index is 0.131. The molecule has 5 nitrogen and oxygen atoms in total. The van der Waals surface area contributed by atoms with Gasteiger partial charge in [0, 0.05) is 17.1 Å². The Kier molecular flexibility index (Phi) is 3.53. The molecule has 0 radical (unpaired) electrons. The molecule has 0 bridgehead atoms. The van der Waals surface area contributed by atoms with Crippen LogP contribution in [0.1, 0.15) is 37.4 Å². The van der Waals surface area contributed by atoms with Gasteiger partial charge in [0.25, 0.3) is 0 Å². The number of aromatic nitrogens is 2. The lowest BCUT2D eigenvalue weighted by molar-refractivity contribution is 0.355. The Hall–Kier alpha value is -2.01. The second-order valence-electron chi connectivity index (χ2n) is 5.89. The van der Waals surface area contributed by atoms with Crippen molar-refractivity contribution in [3.63, 3.8) is 0 Å². The predicted molar refractivity (Wildman–Crippen MR) is 89.0 cm³/mol. The van der Waals surface area contributed by atoms with Crippen LogP contribution in [0.2, 0.25) is 5.28 Å². The number of ether oxygens (including phenoxy) is 2. The van der Waals surface area contributed by atoms with Crippen molar-refractivity contribution < 1.29 is 9.47 Å². The number of hydrogen-bond donors (Lipinski definition) is 1. The zero-order valence-corrected chi connectivity index (χ0v) is 13.9. The van der Waals surface area contributed by atoms with Crippen LogP contribution in [0.3, 0.4) is 0 Å². The van der Waals surface area contributed by atoms with Crippen molar-refractivity contribution in [1.29, 1.82) is 0 Å². The van der Waals surface area contributed by atoms with Gasteiger partial charge < -0.3 is 14.8 Å². The Bertz CT molecular complexity index is 819. The molecule has 0 saturated heterocycles. The topological polar surface area (TPSA) is 56.3 Å². The fraction of sp³-hybridized carbons (Fsp3) is 0.412. The smallest absolute Gasteiger partial charge is 0.223 e. The van der Waals surface area contributed by atoms with E-state index in [-0.39, 0.29) is 11.3 Å². The van der Waals surface area contributed by atoms with Crippen LogP contribution in [0.4, 0.5) is 0 Å². The van der Waals surface area contributed by atoms with E-state index in [2.05, 4.69) is 15.3 Å². The van der Waals surface area contributed by atoms with Gasteiger partial charge in [0.15, 0.2) is 11.5 Å². The normalized spacial score (nSPS) is 19.9. The Morgan fingerprint density at radius 2 is 1.83 bits per heavy atom. The van der Waals surface area contributed by atoms with E-state index in [0.29, 0.717) is 11.5 Å². The zero-order chi connectivity index (χ0) is 16.0. The molecule has 0 spiro atoms. The molecule has 1 aliphatic heterocycles. The standard InChI is InChI=1S/C17H18ClN3O2/c1-22-13-7-10-12(8-14(13)23-2)20-17(18)21-16(10)15-9-5-3-4-6-11(9)19-15/h7-8,15,19H,3-6H2,1-2H3. The highest BCUT2D eigenvalue weighted by Crippen LogP contribution is 2.44. The van der Waals surface area contributed by atoms with Crippen molar-refractivity contribution >= 4 is 22.5 Å². The Balaban J connectivity index is 1.88. The fourth-order valence-corrected chi connectivity index (χ4v) is 3.68. The van der Waals surface area contributed by atoms with Crippen LogP contribution in [-0.4, -0.2) is 24.2 Å². The zero-order valence-electron chi connectivity index (χ0n) is 13.1.